The van der Waals surface area contributed by atoms with Gasteiger partial charge in [0.15, 0.2) is 0 Å². The van der Waals surface area contributed by atoms with Gasteiger partial charge in [-0.1, -0.05) is 194 Å². The third kappa shape index (κ3) is 8.67. The Balaban J connectivity index is 1.06. The van der Waals surface area contributed by atoms with Gasteiger partial charge in [0.1, 0.15) is 11.2 Å². The molecule has 264 valence electrons. The highest BCUT2D eigenvalue weighted by atomic mass is 16.5. The first-order valence-electron chi connectivity index (χ1n) is 18.2. The van der Waals surface area contributed by atoms with Crippen molar-refractivity contribution in [3.63, 3.8) is 0 Å². The Bertz CT molecular complexity index is 1560. The van der Waals surface area contributed by atoms with Gasteiger partial charge in [0.2, 0.25) is 0 Å². The molecular formula is C48H48O4. The van der Waals surface area contributed by atoms with Crippen molar-refractivity contribution in [2.75, 3.05) is 13.2 Å². The van der Waals surface area contributed by atoms with Crippen LogP contribution in [0.2, 0.25) is 0 Å². The standard InChI is InChI=1S/C48H48O4/c49-45(35-37-51-47(39-21-7-1-8-22-39,40-23-9-2-10-24-40)41-25-11-3-12-26-41)33-19-20-34-46(50)36-38-52-48(42-27-13-4-14-28-42,43-29-15-5-16-30-43)44-31-17-6-18-32-44/h1-32,45-46,49-50H,33-38H2/b20-19+/t45-,46-/m0/s1. The lowest BCUT2D eigenvalue weighted by Crippen LogP contribution is -2.34. The van der Waals surface area contributed by atoms with E-state index in [1.165, 1.54) is 0 Å². The Labute approximate surface area is 308 Å². The van der Waals surface area contributed by atoms with Crippen LogP contribution in [0, 0.1) is 0 Å². The van der Waals surface area contributed by atoms with Crippen LogP contribution >= 0.6 is 0 Å². The molecule has 2 atom stereocenters. The van der Waals surface area contributed by atoms with E-state index < -0.39 is 23.4 Å². The topological polar surface area (TPSA) is 58.9 Å². The van der Waals surface area contributed by atoms with Gasteiger partial charge in [0.25, 0.3) is 0 Å². The zero-order valence-corrected chi connectivity index (χ0v) is 29.6. The summed E-state index contributed by atoms with van der Waals surface area (Å²) in [5.41, 5.74) is 4.58. The van der Waals surface area contributed by atoms with E-state index in [-0.39, 0.29) is 0 Å². The Kier molecular flexibility index (Phi) is 13.0. The Morgan fingerprint density at radius 1 is 0.365 bits per heavy atom. The van der Waals surface area contributed by atoms with E-state index in [9.17, 15) is 10.2 Å². The zero-order chi connectivity index (χ0) is 35.9. The molecule has 0 aliphatic rings. The molecule has 6 aromatic carbocycles. The van der Waals surface area contributed by atoms with Crippen molar-refractivity contribution in [2.24, 2.45) is 0 Å². The van der Waals surface area contributed by atoms with Crippen molar-refractivity contribution in [1.29, 1.82) is 0 Å². The zero-order valence-electron chi connectivity index (χ0n) is 29.6. The summed E-state index contributed by atoms with van der Waals surface area (Å²) in [6.07, 6.45) is 4.62. The average molecular weight is 689 g/mol. The van der Waals surface area contributed by atoms with Crippen LogP contribution in [0.25, 0.3) is 0 Å². The molecule has 6 aromatic rings. The molecule has 0 fully saturated rings. The number of hydrogen-bond donors (Lipinski definition) is 2. The highest BCUT2D eigenvalue weighted by molar-refractivity contribution is 5.48. The molecule has 0 aliphatic carbocycles. The largest absolute Gasteiger partial charge is 0.393 e. The van der Waals surface area contributed by atoms with Crippen molar-refractivity contribution in [1.82, 2.24) is 0 Å². The van der Waals surface area contributed by atoms with Crippen molar-refractivity contribution >= 4 is 0 Å². The second-order valence-corrected chi connectivity index (χ2v) is 13.1. The van der Waals surface area contributed by atoms with E-state index in [0.29, 0.717) is 38.9 Å². The van der Waals surface area contributed by atoms with Gasteiger partial charge >= 0.3 is 0 Å². The summed E-state index contributed by atoms with van der Waals surface area (Å²) in [4.78, 5) is 0. The maximum absolute atomic E-state index is 11.0. The highest BCUT2D eigenvalue weighted by Gasteiger charge is 2.38. The van der Waals surface area contributed by atoms with Crippen LogP contribution in [0.15, 0.2) is 194 Å². The number of aliphatic hydroxyl groups is 2. The monoisotopic (exact) mass is 688 g/mol. The predicted octanol–water partition coefficient (Wildman–Crippen LogP) is 9.84. The van der Waals surface area contributed by atoms with Crippen molar-refractivity contribution in [3.8, 4) is 0 Å². The smallest absolute Gasteiger partial charge is 0.143 e. The van der Waals surface area contributed by atoms with E-state index >= 15 is 0 Å². The number of rotatable bonds is 18. The van der Waals surface area contributed by atoms with Crippen LogP contribution < -0.4 is 0 Å². The Morgan fingerprint density at radius 3 is 0.788 bits per heavy atom. The Morgan fingerprint density at radius 2 is 0.577 bits per heavy atom. The van der Waals surface area contributed by atoms with E-state index in [1.54, 1.807) is 0 Å². The summed E-state index contributed by atoms with van der Waals surface area (Å²) in [5, 5.41) is 21.9. The van der Waals surface area contributed by atoms with Crippen LogP contribution in [0.4, 0.5) is 0 Å². The van der Waals surface area contributed by atoms with Gasteiger partial charge in [-0.15, -0.1) is 0 Å². The second kappa shape index (κ2) is 18.4. The van der Waals surface area contributed by atoms with Gasteiger partial charge in [-0.2, -0.15) is 0 Å². The van der Waals surface area contributed by atoms with Crippen molar-refractivity contribution in [2.45, 2.75) is 49.1 Å². The normalized spacial score (nSPS) is 13.2. The molecule has 0 aromatic heterocycles. The first-order chi connectivity index (χ1) is 25.6. The molecule has 4 nitrogen and oxygen atoms in total. The molecule has 0 radical (unpaired) electrons. The highest BCUT2D eigenvalue weighted by Crippen LogP contribution is 2.42. The molecule has 0 aliphatic heterocycles. The van der Waals surface area contributed by atoms with Gasteiger partial charge in [-0.25, -0.2) is 0 Å². The molecule has 0 saturated carbocycles. The third-order valence-electron chi connectivity index (χ3n) is 9.60. The maximum atomic E-state index is 11.0. The van der Waals surface area contributed by atoms with Crippen LogP contribution in [0.1, 0.15) is 59.1 Å². The molecule has 52 heavy (non-hydrogen) atoms. The van der Waals surface area contributed by atoms with Crippen LogP contribution in [-0.4, -0.2) is 35.6 Å². The van der Waals surface area contributed by atoms with Gasteiger partial charge < -0.3 is 19.7 Å². The molecule has 0 unspecified atom stereocenters. The average Bonchev–Trinajstić information content (AvgIpc) is 3.22. The van der Waals surface area contributed by atoms with E-state index in [2.05, 4.69) is 72.8 Å². The summed E-state index contributed by atoms with van der Waals surface area (Å²) in [6, 6.07) is 61.6. The van der Waals surface area contributed by atoms with Crippen LogP contribution in [-0.2, 0) is 20.7 Å². The minimum atomic E-state index is -0.815. The molecule has 0 amide bonds. The minimum Gasteiger partial charge on any atom is -0.393 e. The first kappa shape index (κ1) is 36.7. The Hall–Kier alpha value is -5.10. The fourth-order valence-corrected chi connectivity index (χ4v) is 6.98. The predicted molar refractivity (Wildman–Crippen MR) is 210 cm³/mol. The number of benzene rings is 6. The summed E-state index contributed by atoms with van der Waals surface area (Å²) in [5.74, 6) is 0. The molecule has 4 heteroatoms. The van der Waals surface area contributed by atoms with Gasteiger partial charge in [0, 0.05) is 0 Å². The molecule has 0 spiro atoms. The first-order valence-corrected chi connectivity index (χ1v) is 18.2. The van der Waals surface area contributed by atoms with Crippen LogP contribution in [0.5, 0.6) is 0 Å². The van der Waals surface area contributed by atoms with E-state index in [4.69, 9.17) is 9.47 Å². The maximum Gasteiger partial charge on any atom is 0.143 e. The summed E-state index contributed by atoms with van der Waals surface area (Å²) >= 11 is 0. The molecule has 0 heterocycles. The molecule has 0 saturated heterocycles. The number of ether oxygens (including phenoxy) is 2. The lowest BCUT2D eigenvalue weighted by molar-refractivity contribution is -0.00555. The minimum absolute atomic E-state index is 0.361. The van der Waals surface area contributed by atoms with Gasteiger partial charge in [0.05, 0.1) is 25.4 Å². The third-order valence-corrected chi connectivity index (χ3v) is 9.60. The lowest BCUT2D eigenvalue weighted by atomic mass is 9.80. The SMILES string of the molecule is O[C@@H](C/C=C/C[C@H](O)CCOC(c1ccccc1)(c1ccccc1)c1ccccc1)CCOC(c1ccccc1)(c1ccccc1)c1ccccc1. The number of hydrogen-bond acceptors (Lipinski definition) is 4. The summed E-state index contributed by atoms with van der Waals surface area (Å²) < 4.78 is 13.7. The fourth-order valence-electron chi connectivity index (χ4n) is 6.98. The van der Waals surface area contributed by atoms with Crippen LogP contribution in [0.3, 0.4) is 0 Å². The van der Waals surface area contributed by atoms with Crippen molar-refractivity contribution in [3.05, 3.63) is 228 Å². The summed E-state index contributed by atoms with van der Waals surface area (Å²) in [7, 11) is 0. The molecule has 2 N–H and O–H groups in total. The fraction of sp³-hybridized carbons (Fsp3) is 0.208. The molecule has 0 bridgehead atoms. The van der Waals surface area contributed by atoms with Gasteiger partial charge in [-0.3, -0.25) is 0 Å². The van der Waals surface area contributed by atoms with Gasteiger partial charge in [-0.05, 0) is 59.1 Å². The molecule has 6 rings (SSSR count). The van der Waals surface area contributed by atoms with Crippen molar-refractivity contribution < 1.29 is 19.7 Å². The number of aliphatic hydroxyl groups excluding tert-OH is 2. The second-order valence-electron chi connectivity index (χ2n) is 13.1. The van der Waals surface area contributed by atoms with E-state index in [1.807, 2.05) is 121 Å². The van der Waals surface area contributed by atoms with E-state index in [0.717, 1.165) is 33.4 Å². The summed E-state index contributed by atoms with van der Waals surface area (Å²) in [6.45, 7) is 0.722. The quantitative estimate of drug-likeness (QED) is 0.0698. The molecular weight excluding hydrogens is 641 g/mol. The lowest BCUT2D eigenvalue weighted by Gasteiger charge is -2.36.